The Morgan fingerprint density at radius 3 is 2.60 bits per heavy atom. The van der Waals surface area contributed by atoms with E-state index in [2.05, 4.69) is 25.2 Å². The maximum absolute atomic E-state index is 12.2. The van der Waals surface area contributed by atoms with Gasteiger partial charge in [0.25, 0.3) is 0 Å². The summed E-state index contributed by atoms with van der Waals surface area (Å²) in [7, 11) is 1.65. The first-order chi connectivity index (χ1) is 11.9. The van der Waals surface area contributed by atoms with E-state index >= 15 is 0 Å². The molecule has 1 heterocycles. The molecule has 136 valence electrons. The number of fused-ring (bicyclic) bond motifs is 1. The second-order valence-corrected chi connectivity index (χ2v) is 6.57. The van der Waals surface area contributed by atoms with Crippen molar-refractivity contribution < 1.29 is 13.9 Å². The van der Waals surface area contributed by atoms with Crippen molar-refractivity contribution in [2.45, 2.75) is 53.9 Å². The van der Waals surface area contributed by atoms with Gasteiger partial charge >= 0.3 is 0 Å². The van der Waals surface area contributed by atoms with Gasteiger partial charge < -0.3 is 14.5 Å². The summed E-state index contributed by atoms with van der Waals surface area (Å²) < 4.78 is 11.5. The number of carbonyl (C=O) groups is 1. The predicted octanol–water partition coefficient (Wildman–Crippen LogP) is 5.08. The zero-order valence-electron chi connectivity index (χ0n) is 16.2. The number of unbranched alkanes of at least 4 members (excludes halogenated alkanes) is 2. The number of nitrogens with one attached hydrogen (secondary N) is 1. The van der Waals surface area contributed by atoms with E-state index in [0.29, 0.717) is 6.54 Å². The molecule has 0 bridgehead atoms. The van der Waals surface area contributed by atoms with E-state index in [-0.39, 0.29) is 5.91 Å². The highest BCUT2D eigenvalue weighted by Crippen LogP contribution is 2.38. The number of methoxy groups -OCH3 is 1. The van der Waals surface area contributed by atoms with Crippen molar-refractivity contribution in [3.05, 3.63) is 34.6 Å². The van der Waals surface area contributed by atoms with Crippen molar-refractivity contribution in [1.29, 1.82) is 0 Å². The van der Waals surface area contributed by atoms with Gasteiger partial charge in [0, 0.05) is 29.1 Å². The number of carbonyl (C=O) groups excluding carboxylic acids is 1. The molecule has 4 heteroatoms. The molecule has 1 aromatic heterocycles. The lowest BCUT2D eigenvalue weighted by Crippen LogP contribution is -2.22. The third kappa shape index (κ3) is 4.06. The van der Waals surface area contributed by atoms with Crippen molar-refractivity contribution in [3.63, 3.8) is 0 Å². The number of ether oxygens (including phenoxy) is 1. The van der Waals surface area contributed by atoms with E-state index in [1.54, 1.807) is 13.2 Å². The van der Waals surface area contributed by atoms with Gasteiger partial charge in [-0.3, -0.25) is 4.79 Å². The van der Waals surface area contributed by atoms with Crippen LogP contribution in [0, 0.1) is 20.8 Å². The lowest BCUT2D eigenvalue weighted by Gasteiger charge is -2.13. The van der Waals surface area contributed by atoms with Crippen molar-refractivity contribution in [3.8, 4) is 5.75 Å². The molecule has 0 unspecified atom stereocenters. The van der Waals surface area contributed by atoms with E-state index < -0.39 is 0 Å². The van der Waals surface area contributed by atoms with E-state index in [1.165, 1.54) is 0 Å². The van der Waals surface area contributed by atoms with Gasteiger partial charge in [-0.2, -0.15) is 0 Å². The van der Waals surface area contributed by atoms with Crippen LogP contribution in [-0.2, 0) is 4.79 Å². The number of allylic oxidation sites excluding steroid dienone is 1. The molecule has 0 fully saturated rings. The summed E-state index contributed by atoms with van der Waals surface area (Å²) in [5.74, 6) is 1.61. The van der Waals surface area contributed by atoms with Crippen LogP contribution in [0.2, 0.25) is 0 Å². The molecule has 0 aliphatic carbocycles. The Labute approximate surface area is 150 Å². The highest BCUT2D eigenvalue weighted by Gasteiger charge is 2.18. The molecule has 0 spiro atoms. The van der Waals surface area contributed by atoms with Crippen LogP contribution in [0.3, 0.4) is 0 Å². The fourth-order valence-electron chi connectivity index (χ4n) is 3.08. The lowest BCUT2D eigenvalue weighted by molar-refractivity contribution is -0.116. The number of hydrogen-bond acceptors (Lipinski definition) is 3. The summed E-state index contributed by atoms with van der Waals surface area (Å²) in [6, 6.07) is 2.06. The Kier molecular flexibility index (Phi) is 6.29. The molecule has 25 heavy (non-hydrogen) atoms. The van der Waals surface area contributed by atoms with Crippen molar-refractivity contribution in [1.82, 2.24) is 5.32 Å². The maximum Gasteiger partial charge on any atom is 0.244 e. The Morgan fingerprint density at radius 1 is 1.24 bits per heavy atom. The second-order valence-electron chi connectivity index (χ2n) is 6.57. The number of rotatable bonds is 7. The van der Waals surface area contributed by atoms with Crippen LogP contribution in [0.5, 0.6) is 5.75 Å². The van der Waals surface area contributed by atoms with Gasteiger partial charge in [0.05, 0.1) is 7.11 Å². The standard InChI is InChI=1S/C21H29NO3/c1-7-8-9-10-22-19(23)11-13(2)17-12-18-14(3)16(5)25-21(18)15(4)20(17)24-6/h11-12H,7-10H2,1-6H3,(H,22,23)/b13-11+. The van der Waals surface area contributed by atoms with Gasteiger partial charge in [0.2, 0.25) is 5.91 Å². The minimum Gasteiger partial charge on any atom is -0.496 e. The molecule has 0 saturated carbocycles. The average molecular weight is 343 g/mol. The molecular weight excluding hydrogens is 314 g/mol. The first-order valence-corrected chi connectivity index (χ1v) is 8.94. The van der Waals surface area contributed by atoms with Crippen LogP contribution in [-0.4, -0.2) is 19.6 Å². The van der Waals surface area contributed by atoms with Crippen molar-refractivity contribution in [2.75, 3.05) is 13.7 Å². The molecule has 1 aromatic carbocycles. The molecule has 0 aliphatic heterocycles. The summed E-state index contributed by atoms with van der Waals surface area (Å²) >= 11 is 0. The number of amides is 1. The molecule has 2 rings (SSSR count). The number of benzene rings is 1. The molecule has 4 nitrogen and oxygen atoms in total. The van der Waals surface area contributed by atoms with Crippen LogP contribution < -0.4 is 10.1 Å². The largest absolute Gasteiger partial charge is 0.496 e. The van der Waals surface area contributed by atoms with Crippen LogP contribution in [0.4, 0.5) is 0 Å². The molecule has 0 atom stereocenters. The zero-order valence-corrected chi connectivity index (χ0v) is 16.2. The van der Waals surface area contributed by atoms with Crippen LogP contribution in [0.1, 0.15) is 55.6 Å². The third-order valence-corrected chi connectivity index (χ3v) is 4.70. The van der Waals surface area contributed by atoms with Gasteiger partial charge in [0.1, 0.15) is 17.1 Å². The summed E-state index contributed by atoms with van der Waals surface area (Å²) in [6.45, 7) is 10.8. The maximum atomic E-state index is 12.2. The van der Waals surface area contributed by atoms with E-state index in [1.807, 2.05) is 20.8 Å². The fourth-order valence-corrected chi connectivity index (χ4v) is 3.08. The average Bonchev–Trinajstić information content (AvgIpc) is 2.87. The third-order valence-electron chi connectivity index (χ3n) is 4.70. The number of furan rings is 1. The van der Waals surface area contributed by atoms with Crippen LogP contribution >= 0.6 is 0 Å². The summed E-state index contributed by atoms with van der Waals surface area (Å²) in [5, 5.41) is 4.02. The SMILES string of the molecule is CCCCCNC(=O)/C=C(\C)c1cc2c(C)c(C)oc2c(C)c1OC. The molecule has 0 radical (unpaired) electrons. The fraction of sp³-hybridized carbons (Fsp3) is 0.476. The topological polar surface area (TPSA) is 51.5 Å². The van der Waals surface area contributed by atoms with Crippen LogP contribution in [0.25, 0.3) is 16.5 Å². The smallest absolute Gasteiger partial charge is 0.244 e. The van der Waals surface area contributed by atoms with Gasteiger partial charge in [-0.05, 0) is 51.3 Å². The van der Waals surface area contributed by atoms with Gasteiger partial charge in [0.15, 0.2) is 0 Å². The van der Waals surface area contributed by atoms with E-state index in [9.17, 15) is 4.79 Å². The summed E-state index contributed by atoms with van der Waals surface area (Å²) in [5.41, 5.74) is 4.75. The Morgan fingerprint density at radius 2 is 1.96 bits per heavy atom. The van der Waals surface area contributed by atoms with Gasteiger partial charge in [-0.1, -0.05) is 19.8 Å². The van der Waals surface area contributed by atoms with Gasteiger partial charge in [-0.15, -0.1) is 0 Å². The predicted molar refractivity (Wildman–Crippen MR) is 103 cm³/mol. The molecule has 0 saturated heterocycles. The lowest BCUT2D eigenvalue weighted by atomic mass is 9.98. The minimum absolute atomic E-state index is 0.0616. The first-order valence-electron chi connectivity index (χ1n) is 8.94. The van der Waals surface area contributed by atoms with Gasteiger partial charge in [-0.25, -0.2) is 0 Å². The second kappa shape index (κ2) is 8.24. The van der Waals surface area contributed by atoms with E-state index in [0.717, 1.165) is 64.0 Å². The Balaban J connectivity index is 2.36. The minimum atomic E-state index is -0.0616. The van der Waals surface area contributed by atoms with Crippen molar-refractivity contribution in [2.24, 2.45) is 0 Å². The van der Waals surface area contributed by atoms with Crippen molar-refractivity contribution >= 4 is 22.4 Å². The Bertz CT molecular complexity index is 799. The normalized spacial score (nSPS) is 11.8. The Hall–Kier alpha value is -2.23. The zero-order chi connectivity index (χ0) is 18.6. The molecule has 1 amide bonds. The quantitative estimate of drug-likeness (QED) is 0.563. The summed E-state index contributed by atoms with van der Waals surface area (Å²) in [6.07, 6.45) is 4.94. The summed E-state index contributed by atoms with van der Waals surface area (Å²) in [4.78, 5) is 12.2. The molecule has 2 aromatic rings. The van der Waals surface area contributed by atoms with E-state index in [4.69, 9.17) is 9.15 Å². The highest BCUT2D eigenvalue weighted by atomic mass is 16.5. The monoisotopic (exact) mass is 343 g/mol. The molecule has 0 aliphatic rings. The van der Waals surface area contributed by atoms with Crippen LogP contribution in [0.15, 0.2) is 16.6 Å². The highest BCUT2D eigenvalue weighted by molar-refractivity contribution is 5.98. The number of aryl methyl sites for hydroxylation is 3. The number of hydrogen-bond donors (Lipinski definition) is 1. The molecule has 1 N–H and O–H groups in total. The first kappa shape index (κ1) is 19.1. The molecular formula is C21H29NO3.